The minimum atomic E-state index is 1.01. The molecule has 0 aromatic heterocycles. The normalized spacial score (nSPS) is 18.8. The Kier molecular flexibility index (Phi) is 4.11. The van der Waals surface area contributed by atoms with Crippen LogP contribution in [0.2, 0.25) is 0 Å². The van der Waals surface area contributed by atoms with Gasteiger partial charge in [0.25, 0.3) is 0 Å². The van der Waals surface area contributed by atoms with Crippen LogP contribution in [-0.2, 0) is 6.42 Å². The van der Waals surface area contributed by atoms with E-state index in [9.17, 15) is 0 Å². The summed E-state index contributed by atoms with van der Waals surface area (Å²) in [6.07, 6.45) is 8.82. The maximum atomic E-state index is 5.45. The first-order chi connectivity index (χ1) is 9.76. The lowest BCUT2D eigenvalue weighted by Crippen LogP contribution is -2.21. The monoisotopic (exact) mass is 271 g/mol. The van der Waals surface area contributed by atoms with Gasteiger partial charge < -0.3 is 9.64 Å². The number of aryl methyl sites for hydroxylation is 2. The second kappa shape index (κ2) is 6.01. The predicted molar refractivity (Wildman–Crippen MR) is 84.3 cm³/mol. The lowest BCUT2D eigenvalue weighted by atomic mass is 9.89. The molecule has 1 aromatic rings. The second-order valence-corrected chi connectivity index (χ2v) is 6.12. The van der Waals surface area contributed by atoms with Crippen LogP contribution in [0.1, 0.15) is 42.4 Å². The highest BCUT2D eigenvalue weighted by Gasteiger charge is 2.15. The lowest BCUT2D eigenvalue weighted by Gasteiger charge is -2.21. The van der Waals surface area contributed by atoms with Crippen LogP contribution in [-0.4, -0.2) is 31.6 Å². The minimum absolute atomic E-state index is 1.01. The van der Waals surface area contributed by atoms with Gasteiger partial charge in [-0.2, -0.15) is 0 Å². The van der Waals surface area contributed by atoms with E-state index in [4.69, 9.17) is 4.74 Å². The Morgan fingerprint density at radius 3 is 2.70 bits per heavy atom. The topological polar surface area (TPSA) is 12.5 Å². The molecule has 1 fully saturated rings. The van der Waals surface area contributed by atoms with Gasteiger partial charge in [-0.15, -0.1) is 0 Å². The van der Waals surface area contributed by atoms with Crippen LogP contribution < -0.4 is 4.74 Å². The summed E-state index contributed by atoms with van der Waals surface area (Å²) in [5, 5.41) is 0. The summed E-state index contributed by atoms with van der Waals surface area (Å²) in [4.78, 5) is 2.60. The largest absolute Gasteiger partial charge is 0.496 e. The molecule has 20 heavy (non-hydrogen) atoms. The molecule has 0 saturated carbocycles. The van der Waals surface area contributed by atoms with Crippen molar-refractivity contribution in [2.75, 3.05) is 26.7 Å². The standard InChI is InChI=1S/C18H25NO/c1-14-11-16-6-5-15(7-10-19-8-3-4-9-19)12-17(16)13-18(14)20-2/h11-13H,3-10H2,1-2H3. The third-order valence-corrected chi connectivity index (χ3v) is 4.68. The zero-order valence-corrected chi connectivity index (χ0v) is 12.7. The molecule has 1 heterocycles. The molecule has 3 rings (SSSR count). The average molecular weight is 271 g/mol. The molecule has 2 aliphatic rings. The van der Waals surface area contributed by atoms with Crippen LogP contribution in [0.4, 0.5) is 0 Å². The van der Waals surface area contributed by atoms with Gasteiger partial charge >= 0.3 is 0 Å². The van der Waals surface area contributed by atoms with Crippen molar-refractivity contribution in [2.24, 2.45) is 0 Å². The number of ether oxygens (including phenoxy) is 1. The van der Waals surface area contributed by atoms with Crippen LogP contribution in [0.5, 0.6) is 5.75 Å². The first-order valence-corrected chi connectivity index (χ1v) is 7.85. The van der Waals surface area contributed by atoms with Crippen molar-refractivity contribution in [3.63, 3.8) is 0 Å². The summed E-state index contributed by atoms with van der Waals surface area (Å²) in [7, 11) is 1.76. The van der Waals surface area contributed by atoms with Crippen LogP contribution in [0.3, 0.4) is 0 Å². The Labute approximate surface area is 122 Å². The molecule has 0 unspecified atom stereocenters. The van der Waals surface area contributed by atoms with E-state index < -0.39 is 0 Å². The fraction of sp³-hybridized carbons (Fsp3) is 0.556. The van der Waals surface area contributed by atoms with E-state index in [1.54, 1.807) is 12.7 Å². The van der Waals surface area contributed by atoms with E-state index in [2.05, 4.69) is 30.0 Å². The van der Waals surface area contributed by atoms with E-state index in [1.807, 2.05) is 0 Å². The number of rotatable bonds is 4. The molecule has 0 bridgehead atoms. The Balaban J connectivity index is 1.71. The summed E-state index contributed by atoms with van der Waals surface area (Å²) in [6.45, 7) is 5.98. The number of hydrogen-bond acceptors (Lipinski definition) is 2. The summed E-state index contributed by atoms with van der Waals surface area (Å²) < 4.78 is 5.45. The molecule has 2 heteroatoms. The van der Waals surface area contributed by atoms with Gasteiger partial charge in [-0.05, 0) is 74.9 Å². The predicted octanol–water partition coefficient (Wildman–Crippen LogP) is 3.82. The van der Waals surface area contributed by atoms with Crippen molar-refractivity contribution in [2.45, 2.75) is 39.0 Å². The third kappa shape index (κ3) is 2.90. The maximum absolute atomic E-state index is 5.45. The van der Waals surface area contributed by atoms with Crippen molar-refractivity contribution in [1.82, 2.24) is 4.90 Å². The zero-order chi connectivity index (χ0) is 13.9. The highest BCUT2D eigenvalue weighted by atomic mass is 16.5. The molecule has 0 spiro atoms. The fourth-order valence-corrected chi connectivity index (χ4v) is 3.43. The molecule has 1 aromatic carbocycles. The van der Waals surface area contributed by atoms with Gasteiger partial charge in [0.05, 0.1) is 7.11 Å². The van der Waals surface area contributed by atoms with Crippen molar-refractivity contribution in [1.29, 1.82) is 0 Å². The van der Waals surface area contributed by atoms with Crippen molar-refractivity contribution >= 4 is 6.08 Å². The first-order valence-electron chi connectivity index (χ1n) is 7.85. The Morgan fingerprint density at radius 1 is 1.15 bits per heavy atom. The van der Waals surface area contributed by atoms with E-state index in [0.29, 0.717) is 0 Å². The zero-order valence-electron chi connectivity index (χ0n) is 12.7. The number of benzene rings is 1. The van der Waals surface area contributed by atoms with Gasteiger partial charge in [-0.3, -0.25) is 0 Å². The van der Waals surface area contributed by atoms with E-state index in [-0.39, 0.29) is 0 Å². The van der Waals surface area contributed by atoms with E-state index in [0.717, 1.165) is 5.75 Å². The number of nitrogens with zero attached hydrogens (tertiary/aromatic N) is 1. The van der Waals surface area contributed by atoms with Gasteiger partial charge in [0.1, 0.15) is 5.75 Å². The Morgan fingerprint density at radius 2 is 1.95 bits per heavy atom. The Bertz CT molecular complexity index is 512. The SMILES string of the molecule is COc1cc2c(cc1C)CCC(CCN1CCCC1)=C2. The molecule has 0 radical (unpaired) electrons. The number of methoxy groups -OCH3 is 1. The third-order valence-electron chi connectivity index (χ3n) is 4.68. The molecule has 2 nitrogen and oxygen atoms in total. The van der Waals surface area contributed by atoms with Gasteiger partial charge in [-0.25, -0.2) is 0 Å². The van der Waals surface area contributed by atoms with Gasteiger partial charge in [0, 0.05) is 6.54 Å². The molecular formula is C18H25NO. The minimum Gasteiger partial charge on any atom is -0.496 e. The summed E-state index contributed by atoms with van der Waals surface area (Å²) >= 11 is 0. The van der Waals surface area contributed by atoms with Crippen LogP contribution in [0.25, 0.3) is 6.08 Å². The number of likely N-dealkylation sites (tertiary alicyclic amines) is 1. The van der Waals surface area contributed by atoms with Crippen LogP contribution >= 0.6 is 0 Å². The molecule has 1 saturated heterocycles. The molecule has 1 aliphatic carbocycles. The molecule has 0 N–H and O–H groups in total. The maximum Gasteiger partial charge on any atom is 0.122 e. The van der Waals surface area contributed by atoms with Crippen LogP contribution in [0, 0.1) is 6.92 Å². The number of hydrogen-bond donors (Lipinski definition) is 0. The summed E-state index contributed by atoms with van der Waals surface area (Å²) in [5.74, 6) is 1.01. The van der Waals surface area contributed by atoms with Gasteiger partial charge in [0.15, 0.2) is 0 Å². The van der Waals surface area contributed by atoms with Crippen molar-refractivity contribution < 1.29 is 4.74 Å². The first kappa shape index (κ1) is 13.7. The number of fused-ring (bicyclic) bond motifs is 1. The van der Waals surface area contributed by atoms with Gasteiger partial charge in [0.2, 0.25) is 0 Å². The summed E-state index contributed by atoms with van der Waals surface area (Å²) in [6, 6.07) is 4.50. The average Bonchev–Trinajstić information content (AvgIpc) is 2.97. The highest BCUT2D eigenvalue weighted by Crippen LogP contribution is 2.31. The Hall–Kier alpha value is -1.28. The smallest absolute Gasteiger partial charge is 0.122 e. The van der Waals surface area contributed by atoms with Gasteiger partial charge in [-0.1, -0.05) is 17.7 Å². The van der Waals surface area contributed by atoms with Crippen LogP contribution in [0.15, 0.2) is 17.7 Å². The van der Waals surface area contributed by atoms with Crippen molar-refractivity contribution in [3.8, 4) is 5.75 Å². The summed E-state index contributed by atoms with van der Waals surface area (Å²) in [5.41, 5.74) is 5.71. The second-order valence-electron chi connectivity index (χ2n) is 6.12. The van der Waals surface area contributed by atoms with E-state index in [1.165, 1.54) is 68.4 Å². The molecule has 108 valence electrons. The lowest BCUT2D eigenvalue weighted by molar-refractivity contribution is 0.342. The highest BCUT2D eigenvalue weighted by molar-refractivity contribution is 5.62. The fourth-order valence-electron chi connectivity index (χ4n) is 3.43. The molecule has 0 atom stereocenters. The van der Waals surface area contributed by atoms with E-state index >= 15 is 0 Å². The molecule has 1 aliphatic heterocycles. The molecule has 0 amide bonds. The molecular weight excluding hydrogens is 246 g/mol. The van der Waals surface area contributed by atoms with Crippen molar-refractivity contribution in [3.05, 3.63) is 34.4 Å². The quantitative estimate of drug-likeness (QED) is 0.825.